The van der Waals surface area contributed by atoms with Crippen molar-refractivity contribution in [1.82, 2.24) is 9.88 Å². The van der Waals surface area contributed by atoms with Gasteiger partial charge in [-0.1, -0.05) is 24.0 Å². The Hall–Kier alpha value is -2.43. The maximum absolute atomic E-state index is 12.2. The lowest BCUT2D eigenvalue weighted by atomic mass is 10.3. The number of nitrogens with zero attached hydrogens (tertiary/aromatic N) is 2. The first kappa shape index (κ1) is 18.4. The van der Waals surface area contributed by atoms with Crippen LogP contribution in [0.25, 0.3) is 6.08 Å². The summed E-state index contributed by atoms with van der Waals surface area (Å²) in [5.74, 6) is -0.763. The predicted octanol–water partition coefficient (Wildman–Crippen LogP) is 3.18. The van der Waals surface area contributed by atoms with Crippen molar-refractivity contribution >= 4 is 68.4 Å². The number of aromatic nitrogens is 1. The fourth-order valence-corrected chi connectivity index (χ4v) is 4.04. The molecule has 2 N–H and O–H groups in total. The molecule has 26 heavy (non-hydrogen) atoms. The Kier molecular flexibility index (Phi) is 5.55. The minimum absolute atomic E-state index is 0.232. The van der Waals surface area contributed by atoms with Gasteiger partial charge in [0.15, 0.2) is 5.13 Å². The Morgan fingerprint density at radius 2 is 2.15 bits per heavy atom. The Labute approximate surface area is 162 Å². The second kappa shape index (κ2) is 7.85. The van der Waals surface area contributed by atoms with E-state index in [-0.39, 0.29) is 4.32 Å². The van der Waals surface area contributed by atoms with Crippen molar-refractivity contribution in [2.45, 2.75) is 0 Å². The number of methoxy groups -OCH3 is 1. The molecular weight excluding hydrogens is 394 g/mol. The summed E-state index contributed by atoms with van der Waals surface area (Å²) in [6, 6.07) is 7.42. The standard InChI is InChI=1S/C16H13N3O4S3/c1-23-11-4-2-9(3-5-11)17-15-18-10(8-25-15)6-12-14(22)19(7-13(20)21)16(24)26-12/h2-6,8H,7H2,1H3,(H,17,18)(H,20,21)/b12-6-. The van der Waals surface area contributed by atoms with Crippen molar-refractivity contribution in [1.29, 1.82) is 0 Å². The number of rotatable bonds is 6. The average Bonchev–Trinajstić information content (AvgIpc) is 3.15. The first-order valence-corrected chi connectivity index (χ1v) is 9.40. The maximum Gasteiger partial charge on any atom is 0.323 e. The van der Waals surface area contributed by atoms with E-state index in [1.54, 1.807) is 18.6 Å². The van der Waals surface area contributed by atoms with Crippen LogP contribution in [0.4, 0.5) is 10.8 Å². The van der Waals surface area contributed by atoms with Crippen molar-refractivity contribution in [3.8, 4) is 5.75 Å². The number of aliphatic carboxylic acids is 1. The monoisotopic (exact) mass is 407 g/mol. The number of carboxylic acids is 1. The van der Waals surface area contributed by atoms with Gasteiger partial charge < -0.3 is 15.2 Å². The Morgan fingerprint density at radius 1 is 1.42 bits per heavy atom. The van der Waals surface area contributed by atoms with Gasteiger partial charge in [0.05, 0.1) is 17.7 Å². The van der Waals surface area contributed by atoms with E-state index in [0.717, 1.165) is 28.1 Å². The number of hydrogen-bond donors (Lipinski definition) is 2. The Balaban J connectivity index is 1.71. The molecule has 1 aliphatic heterocycles. The van der Waals surface area contributed by atoms with Gasteiger partial charge in [0.1, 0.15) is 16.6 Å². The molecule has 1 aromatic heterocycles. The second-order valence-corrected chi connectivity index (χ2v) is 7.63. The summed E-state index contributed by atoms with van der Waals surface area (Å²) in [6.45, 7) is -0.441. The van der Waals surface area contributed by atoms with Crippen LogP contribution in [0.1, 0.15) is 5.69 Å². The fourth-order valence-electron chi connectivity index (χ4n) is 2.11. The van der Waals surface area contributed by atoms with Gasteiger partial charge in [-0.15, -0.1) is 11.3 Å². The highest BCUT2D eigenvalue weighted by Gasteiger charge is 2.33. The molecule has 10 heteroatoms. The van der Waals surface area contributed by atoms with Gasteiger partial charge in [0.25, 0.3) is 5.91 Å². The van der Waals surface area contributed by atoms with Crippen molar-refractivity contribution in [2.75, 3.05) is 19.0 Å². The number of thiazole rings is 1. The Morgan fingerprint density at radius 3 is 2.81 bits per heavy atom. The summed E-state index contributed by atoms with van der Waals surface area (Å²) in [7, 11) is 1.61. The van der Waals surface area contributed by atoms with Crippen molar-refractivity contribution in [3.05, 3.63) is 40.2 Å². The van der Waals surface area contributed by atoms with Gasteiger partial charge in [0.2, 0.25) is 0 Å². The molecule has 0 radical (unpaired) electrons. The van der Waals surface area contributed by atoms with Gasteiger partial charge in [0, 0.05) is 11.1 Å². The molecule has 0 spiro atoms. The summed E-state index contributed by atoms with van der Waals surface area (Å²) in [5.41, 5.74) is 1.46. The molecule has 7 nitrogen and oxygen atoms in total. The number of hydrogen-bond acceptors (Lipinski definition) is 8. The van der Waals surface area contributed by atoms with E-state index < -0.39 is 18.4 Å². The van der Waals surface area contributed by atoms with Crippen LogP contribution in [0.15, 0.2) is 34.6 Å². The lowest BCUT2D eigenvalue weighted by Crippen LogP contribution is -2.33. The normalized spacial score (nSPS) is 15.6. The number of carboxylic acid groups (broad SMARTS) is 1. The summed E-state index contributed by atoms with van der Waals surface area (Å²) in [5, 5.41) is 14.5. The number of anilines is 2. The van der Waals surface area contributed by atoms with Crippen LogP contribution in [-0.4, -0.2) is 44.8 Å². The fraction of sp³-hybridized carbons (Fsp3) is 0.125. The largest absolute Gasteiger partial charge is 0.497 e. The molecule has 0 aliphatic carbocycles. The molecular formula is C16H13N3O4S3. The number of carbonyl (C=O) groups is 2. The van der Waals surface area contributed by atoms with E-state index in [2.05, 4.69) is 10.3 Å². The van der Waals surface area contributed by atoms with Crippen LogP contribution in [0, 0.1) is 0 Å². The van der Waals surface area contributed by atoms with Gasteiger partial charge in [-0.3, -0.25) is 14.5 Å². The van der Waals surface area contributed by atoms with Crippen molar-refractivity contribution in [2.24, 2.45) is 0 Å². The number of nitrogens with one attached hydrogen (secondary N) is 1. The van der Waals surface area contributed by atoms with E-state index in [1.165, 1.54) is 11.3 Å². The Bertz CT molecular complexity index is 892. The van der Waals surface area contributed by atoms with E-state index >= 15 is 0 Å². The minimum atomic E-state index is -1.11. The molecule has 0 unspecified atom stereocenters. The predicted molar refractivity (Wildman–Crippen MR) is 106 cm³/mol. The molecule has 1 aromatic carbocycles. The van der Waals surface area contributed by atoms with Gasteiger partial charge >= 0.3 is 5.97 Å². The first-order chi connectivity index (χ1) is 12.5. The number of amides is 1. The zero-order valence-electron chi connectivity index (χ0n) is 13.5. The topological polar surface area (TPSA) is 91.8 Å². The summed E-state index contributed by atoms with van der Waals surface area (Å²) < 4.78 is 5.35. The lowest BCUT2D eigenvalue weighted by molar-refractivity contribution is -0.140. The van der Waals surface area contributed by atoms with Crippen LogP contribution >= 0.6 is 35.3 Å². The van der Waals surface area contributed by atoms with Gasteiger partial charge in [-0.05, 0) is 30.3 Å². The van der Waals surface area contributed by atoms with E-state index in [1.807, 2.05) is 24.3 Å². The third-order valence-corrected chi connectivity index (χ3v) is 5.46. The number of ether oxygens (including phenoxy) is 1. The molecule has 2 heterocycles. The SMILES string of the molecule is COc1ccc(Nc2nc(/C=C3\SC(=S)N(CC(=O)O)C3=O)cs2)cc1. The van der Waals surface area contributed by atoms with Crippen molar-refractivity contribution in [3.63, 3.8) is 0 Å². The van der Waals surface area contributed by atoms with Crippen LogP contribution in [0.5, 0.6) is 5.75 Å². The average molecular weight is 407 g/mol. The highest BCUT2D eigenvalue weighted by atomic mass is 32.2. The lowest BCUT2D eigenvalue weighted by Gasteiger charge is -2.09. The molecule has 0 atom stereocenters. The smallest absolute Gasteiger partial charge is 0.323 e. The highest BCUT2D eigenvalue weighted by Crippen LogP contribution is 2.33. The van der Waals surface area contributed by atoms with E-state index in [4.69, 9.17) is 22.1 Å². The van der Waals surface area contributed by atoms with Crippen LogP contribution in [-0.2, 0) is 9.59 Å². The zero-order valence-corrected chi connectivity index (χ0v) is 15.9. The highest BCUT2D eigenvalue weighted by molar-refractivity contribution is 8.26. The van der Waals surface area contributed by atoms with Crippen LogP contribution < -0.4 is 10.1 Å². The quantitative estimate of drug-likeness (QED) is 0.557. The first-order valence-electron chi connectivity index (χ1n) is 7.30. The molecule has 3 rings (SSSR count). The summed E-state index contributed by atoms with van der Waals surface area (Å²) in [4.78, 5) is 28.9. The molecule has 2 aromatic rings. The second-order valence-electron chi connectivity index (χ2n) is 5.09. The van der Waals surface area contributed by atoms with Gasteiger partial charge in [-0.2, -0.15) is 0 Å². The summed E-state index contributed by atoms with van der Waals surface area (Å²) >= 11 is 7.53. The number of benzene rings is 1. The molecule has 1 aliphatic rings. The number of thiocarbonyl (C=S) groups is 1. The third kappa shape index (κ3) is 4.21. The number of thioether (sulfide) groups is 1. The maximum atomic E-state index is 12.2. The molecule has 0 bridgehead atoms. The van der Waals surface area contributed by atoms with Crippen LogP contribution in [0.2, 0.25) is 0 Å². The molecule has 134 valence electrons. The van der Waals surface area contributed by atoms with Crippen molar-refractivity contribution < 1.29 is 19.4 Å². The van der Waals surface area contributed by atoms with E-state index in [9.17, 15) is 9.59 Å². The third-order valence-electron chi connectivity index (χ3n) is 3.31. The molecule has 1 fully saturated rings. The van der Waals surface area contributed by atoms with Gasteiger partial charge in [-0.25, -0.2) is 4.98 Å². The molecule has 1 amide bonds. The summed E-state index contributed by atoms with van der Waals surface area (Å²) in [6.07, 6.45) is 1.61. The van der Waals surface area contributed by atoms with E-state index in [0.29, 0.717) is 15.7 Å². The number of carbonyl (C=O) groups excluding carboxylic acids is 1. The minimum Gasteiger partial charge on any atom is -0.497 e. The zero-order chi connectivity index (χ0) is 18.7. The van der Waals surface area contributed by atoms with Crippen LogP contribution in [0.3, 0.4) is 0 Å². The molecule has 1 saturated heterocycles. The molecule has 0 saturated carbocycles.